The lowest BCUT2D eigenvalue weighted by Crippen LogP contribution is -2.31. The summed E-state index contributed by atoms with van der Waals surface area (Å²) in [5.41, 5.74) is 0. The first kappa shape index (κ1) is 17.9. The van der Waals surface area contributed by atoms with Crippen LogP contribution in [0.15, 0.2) is 41.3 Å². The van der Waals surface area contributed by atoms with E-state index in [0.717, 1.165) is 5.82 Å². The molecular formula is C16H19ClN4O3S. The number of hydrogen-bond donors (Lipinski definition) is 0. The largest absolute Gasteiger partial charge is 0.472 e. The second-order valence-corrected chi connectivity index (χ2v) is 8.35. The van der Waals surface area contributed by atoms with E-state index < -0.39 is 10.0 Å². The third-order valence-electron chi connectivity index (χ3n) is 3.91. The normalized spacial score (nSPS) is 18.3. The van der Waals surface area contributed by atoms with Crippen molar-refractivity contribution in [2.24, 2.45) is 0 Å². The van der Waals surface area contributed by atoms with Gasteiger partial charge in [-0.1, -0.05) is 17.7 Å². The molecule has 134 valence electrons. The summed E-state index contributed by atoms with van der Waals surface area (Å²) in [7, 11) is 0.172. The molecule has 1 aromatic carbocycles. The lowest BCUT2D eigenvalue weighted by Gasteiger charge is -2.17. The average molecular weight is 383 g/mol. The van der Waals surface area contributed by atoms with Gasteiger partial charge in [0.2, 0.25) is 15.9 Å². The molecule has 25 heavy (non-hydrogen) atoms. The van der Waals surface area contributed by atoms with Crippen LogP contribution in [0.5, 0.6) is 5.88 Å². The summed E-state index contributed by atoms with van der Waals surface area (Å²) in [5, 5.41) is 8.46. The lowest BCUT2D eigenvalue weighted by molar-refractivity contribution is 0.204. The lowest BCUT2D eigenvalue weighted by atomic mass is 10.3. The molecular weight excluding hydrogens is 364 g/mol. The van der Waals surface area contributed by atoms with E-state index in [1.54, 1.807) is 30.3 Å². The zero-order valence-corrected chi connectivity index (χ0v) is 15.5. The van der Waals surface area contributed by atoms with Crippen molar-refractivity contribution in [1.29, 1.82) is 0 Å². The van der Waals surface area contributed by atoms with Crippen molar-refractivity contribution in [3.05, 3.63) is 41.4 Å². The van der Waals surface area contributed by atoms with E-state index in [0.29, 0.717) is 23.9 Å². The number of anilines is 1. The molecule has 1 unspecified atom stereocenters. The summed E-state index contributed by atoms with van der Waals surface area (Å²) in [6, 6.07) is 9.80. The van der Waals surface area contributed by atoms with Gasteiger partial charge in [0, 0.05) is 31.7 Å². The second kappa shape index (κ2) is 7.15. The highest BCUT2D eigenvalue weighted by Crippen LogP contribution is 2.25. The first-order valence-corrected chi connectivity index (χ1v) is 9.61. The number of rotatable bonds is 5. The molecule has 0 saturated carbocycles. The van der Waals surface area contributed by atoms with Crippen molar-refractivity contribution < 1.29 is 13.2 Å². The predicted molar refractivity (Wildman–Crippen MR) is 95.6 cm³/mol. The summed E-state index contributed by atoms with van der Waals surface area (Å²) >= 11 is 5.90. The first-order chi connectivity index (χ1) is 11.9. The van der Waals surface area contributed by atoms with E-state index >= 15 is 0 Å². The zero-order chi connectivity index (χ0) is 18.0. The van der Waals surface area contributed by atoms with Gasteiger partial charge < -0.3 is 9.64 Å². The maximum atomic E-state index is 12.7. The van der Waals surface area contributed by atoms with Crippen LogP contribution in [-0.2, 0) is 10.0 Å². The van der Waals surface area contributed by atoms with Gasteiger partial charge in [-0.25, -0.2) is 8.42 Å². The van der Waals surface area contributed by atoms with Crippen molar-refractivity contribution in [1.82, 2.24) is 14.5 Å². The van der Waals surface area contributed by atoms with Gasteiger partial charge in [-0.3, -0.25) is 0 Å². The number of sulfonamides is 1. The maximum Gasteiger partial charge on any atom is 0.243 e. The number of aromatic nitrogens is 2. The molecule has 7 nitrogen and oxygen atoms in total. The van der Waals surface area contributed by atoms with Crippen LogP contribution >= 0.6 is 11.6 Å². The van der Waals surface area contributed by atoms with Crippen LogP contribution in [0.2, 0.25) is 5.02 Å². The Kier molecular flexibility index (Phi) is 5.12. The van der Waals surface area contributed by atoms with Crippen molar-refractivity contribution in [3.8, 4) is 5.88 Å². The molecule has 1 aliphatic heterocycles. The summed E-state index contributed by atoms with van der Waals surface area (Å²) in [4.78, 5) is 2.03. The Hall–Kier alpha value is -1.90. The van der Waals surface area contributed by atoms with E-state index in [1.807, 2.05) is 19.0 Å². The predicted octanol–water partition coefficient (Wildman–Crippen LogP) is 2.04. The standard InChI is InChI=1S/C16H19ClN4O3S/c1-20(2)15-6-7-16(19-18-15)24-13-8-9-21(11-13)25(22,23)14-5-3-4-12(17)10-14/h3-7,10,13H,8-9,11H2,1-2H3. The van der Waals surface area contributed by atoms with E-state index in [-0.39, 0.29) is 17.5 Å². The highest BCUT2D eigenvalue weighted by Gasteiger charge is 2.34. The van der Waals surface area contributed by atoms with Crippen LogP contribution in [0.3, 0.4) is 0 Å². The van der Waals surface area contributed by atoms with Gasteiger partial charge in [-0.05, 0) is 30.7 Å². The number of benzene rings is 1. The van der Waals surface area contributed by atoms with Crippen molar-refractivity contribution >= 4 is 27.4 Å². The van der Waals surface area contributed by atoms with Crippen LogP contribution in [-0.4, -0.2) is 56.2 Å². The molecule has 0 radical (unpaired) electrons. The van der Waals surface area contributed by atoms with E-state index in [9.17, 15) is 8.42 Å². The molecule has 1 atom stereocenters. The molecule has 0 amide bonds. The molecule has 2 aromatic rings. The molecule has 3 rings (SSSR count). The smallest absolute Gasteiger partial charge is 0.243 e. The van der Waals surface area contributed by atoms with Crippen LogP contribution in [0.25, 0.3) is 0 Å². The Morgan fingerprint density at radius 1 is 1.24 bits per heavy atom. The minimum absolute atomic E-state index is 0.191. The minimum Gasteiger partial charge on any atom is -0.472 e. The van der Waals surface area contributed by atoms with Crippen molar-refractivity contribution in [3.63, 3.8) is 0 Å². The first-order valence-electron chi connectivity index (χ1n) is 7.80. The molecule has 9 heteroatoms. The quantitative estimate of drug-likeness (QED) is 0.787. The molecule has 1 fully saturated rings. The maximum absolute atomic E-state index is 12.7. The Labute approximate surface area is 152 Å². The minimum atomic E-state index is -3.58. The fourth-order valence-corrected chi connectivity index (χ4v) is 4.36. The highest BCUT2D eigenvalue weighted by molar-refractivity contribution is 7.89. The topological polar surface area (TPSA) is 75.6 Å². The molecule has 2 heterocycles. The van der Waals surface area contributed by atoms with Gasteiger partial charge >= 0.3 is 0 Å². The number of halogens is 1. The van der Waals surface area contributed by atoms with Gasteiger partial charge in [0.25, 0.3) is 0 Å². The number of hydrogen-bond acceptors (Lipinski definition) is 6. The molecule has 1 saturated heterocycles. The number of nitrogens with zero attached hydrogens (tertiary/aromatic N) is 4. The fraction of sp³-hybridized carbons (Fsp3) is 0.375. The highest BCUT2D eigenvalue weighted by atomic mass is 35.5. The summed E-state index contributed by atoms with van der Waals surface area (Å²) in [6.45, 7) is 0.661. The van der Waals surface area contributed by atoms with Crippen molar-refractivity contribution in [2.75, 3.05) is 32.1 Å². The third-order valence-corrected chi connectivity index (χ3v) is 6.01. The van der Waals surface area contributed by atoms with E-state index in [1.165, 1.54) is 10.4 Å². The van der Waals surface area contributed by atoms with Crippen molar-refractivity contribution in [2.45, 2.75) is 17.4 Å². The summed E-state index contributed by atoms with van der Waals surface area (Å²) in [5.74, 6) is 1.11. The molecule has 1 aliphatic rings. The second-order valence-electron chi connectivity index (χ2n) is 5.97. The Morgan fingerprint density at radius 2 is 2.04 bits per heavy atom. The van der Waals surface area contributed by atoms with E-state index in [2.05, 4.69) is 10.2 Å². The summed E-state index contributed by atoms with van der Waals surface area (Å²) in [6.07, 6.45) is 0.338. The van der Waals surface area contributed by atoms with Crippen LogP contribution in [0.1, 0.15) is 6.42 Å². The van der Waals surface area contributed by atoms with Crippen LogP contribution in [0, 0.1) is 0 Å². The van der Waals surface area contributed by atoms with Gasteiger partial charge in [0.15, 0.2) is 5.82 Å². The van der Waals surface area contributed by atoms with Gasteiger partial charge in [-0.2, -0.15) is 4.31 Å². The molecule has 1 aromatic heterocycles. The fourth-order valence-electron chi connectivity index (χ4n) is 2.57. The monoisotopic (exact) mass is 382 g/mol. The van der Waals surface area contributed by atoms with Crippen LogP contribution < -0.4 is 9.64 Å². The Balaban J connectivity index is 1.67. The van der Waals surface area contributed by atoms with E-state index in [4.69, 9.17) is 16.3 Å². The van der Waals surface area contributed by atoms with Crippen LogP contribution in [0.4, 0.5) is 5.82 Å². The third kappa shape index (κ3) is 4.02. The number of ether oxygens (including phenoxy) is 1. The molecule has 0 spiro atoms. The van der Waals surface area contributed by atoms with Gasteiger partial charge in [-0.15, -0.1) is 10.2 Å². The molecule has 0 N–H and O–H groups in total. The molecule has 0 bridgehead atoms. The SMILES string of the molecule is CN(C)c1ccc(OC2CCN(S(=O)(=O)c3cccc(Cl)c3)C2)nn1. The zero-order valence-electron chi connectivity index (χ0n) is 14.0. The Bertz CT molecular complexity index is 843. The average Bonchev–Trinajstić information content (AvgIpc) is 3.04. The molecule has 0 aliphatic carbocycles. The van der Waals surface area contributed by atoms with Gasteiger partial charge in [0.1, 0.15) is 6.10 Å². The van der Waals surface area contributed by atoms with Gasteiger partial charge in [0.05, 0.1) is 11.4 Å². The Morgan fingerprint density at radius 3 is 2.68 bits per heavy atom. The summed E-state index contributed by atoms with van der Waals surface area (Å²) < 4.78 is 32.5.